The Labute approximate surface area is 182 Å². The van der Waals surface area contributed by atoms with Crippen LogP contribution in [0, 0.1) is 6.92 Å². The molecular weight excluding hydrogens is 425 g/mol. The lowest BCUT2D eigenvalue weighted by molar-refractivity contribution is -0.137. The maximum Gasteiger partial charge on any atom is 0.416 e. The van der Waals surface area contributed by atoms with Crippen LogP contribution in [0.4, 0.5) is 19.0 Å². The fraction of sp³-hybridized carbons (Fsp3) is 0.476. The number of pyridine rings is 1. The van der Waals surface area contributed by atoms with Gasteiger partial charge in [-0.3, -0.25) is 9.25 Å². The average Bonchev–Trinajstić information content (AvgIpc) is 3.31. The van der Waals surface area contributed by atoms with Crippen LogP contribution in [-0.2, 0) is 24.0 Å². The van der Waals surface area contributed by atoms with Crippen molar-refractivity contribution < 1.29 is 17.9 Å². The molecule has 0 N–H and O–H groups in total. The van der Waals surface area contributed by atoms with Crippen LogP contribution in [0.5, 0.6) is 0 Å². The Morgan fingerprint density at radius 2 is 1.97 bits per heavy atom. The summed E-state index contributed by atoms with van der Waals surface area (Å²) in [6.07, 6.45) is 0.420. The Morgan fingerprint density at radius 3 is 2.62 bits per heavy atom. The van der Waals surface area contributed by atoms with Crippen LogP contribution < -0.4 is 10.6 Å². The van der Waals surface area contributed by atoms with Crippen molar-refractivity contribution in [1.29, 1.82) is 0 Å². The predicted octanol–water partition coefficient (Wildman–Crippen LogP) is 2.85. The third kappa shape index (κ3) is 4.43. The molecule has 1 fully saturated rings. The number of morpholine rings is 1. The van der Waals surface area contributed by atoms with Gasteiger partial charge in [0, 0.05) is 43.3 Å². The van der Waals surface area contributed by atoms with Gasteiger partial charge in [-0.2, -0.15) is 18.3 Å². The molecule has 1 saturated heterocycles. The molecule has 0 amide bonds. The first-order valence-corrected chi connectivity index (χ1v) is 10.4. The monoisotopic (exact) mass is 450 g/mol. The predicted molar refractivity (Wildman–Crippen MR) is 112 cm³/mol. The van der Waals surface area contributed by atoms with E-state index in [1.165, 1.54) is 9.13 Å². The normalized spacial score (nSPS) is 17.2. The maximum atomic E-state index is 13.7. The Balaban J connectivity index is 1.76. The van der Waals surface area contributed by atoms with Crippen molar-refractivity contribution in [3.63, 3.8) is 0 Å². The van der Waals surface area contributed by atoms with E-state index < -0.39 is 17.4 Å². The summed E-state index contributed by atoms with van der Waals surface area (Å²) in [6, 6.07) is 1.94. The van der Waals surface area contributed by atoms with Gasteiger partial charge < -0.3 is 9.64 Å². The minimum Gasteiger partial charge on any atom is -0.375 e. The first-order chi connectivity index (χ1) is 15.2. The second kappa shape index (κ2) is 8.45. The van der Waals surface area contributed by atoms with Crippen molar-refractivity contribution in [3.8, 4) is 5.82 Å². The largest absolute Gasteiger partial charge is 0.416 e. The zero-order valence-electron chi connectivity index (χ0n) is 18.1. The number of rotatable bonds is 5. The molecule has 0 aliphatic carbocycles. The molecule has 11 heteroatoms. The highest BCUT2D eigenvalue weighted by Crippen LogP contribution is 2.33. The molecule has 0 spiro atoms. The topological polar surface area (TPSA) is 70.1 Å². The first-order valence-electron chi connectivity index (χ1n) is 10.4. The molecule has 0 radical (unpaired) electrons. The Morgan fingerprint density at radius 1 is 1.22 bits per heavy atom. The number of alkyl halides is 3. The van der Waals surface area contributed by atoms with E-state index in [0.717, 1.165) is 17.7 Å². The number of halogens is 3. The molecule has 172 valence electrons. The lowest BCUT2D eigenvalue weighted by atomic mass is 10.2. The molecule has 3 aromatic heterocycles. The standard InChI is InChI=1S/C21H25F3N6O2/c1-4-29-13-16(9-25-29)12-28-10-14(2)30(20(28)31)19-8-17(21(22,23)24)7-18(26-19)27-5-6-32-15(3)11-27/h7-10,13,15H,4-6,11-12H2,1-3H3/t15-/m1/s1. The van der Waals surface area contributed by atoms with Gasteiger partial charge in [0.1, 0.15) is 11.6 Å². The zero-order chi connectivity index (χ0) is 23.0. The third-order valence-electron chi connectivity index (χ3n) is 5.42. The van der Waals surface area contributed by atoms with Crippen LogP contribution in [-0.4, -0.2) is 49.7 Å². The van der Waals surface area contributed by atoms with Crippen LogP contribution in [0.25, 0.3) is 5.82 Å². The van der Waals surface area contributed by atoms with E-state index in [2.05, 4.69) is 10.1 Å². The van der Waals surface area contributed by atoms with E-state index in [1.807, 2.05) is 20.0 Å². The summed E-state index contributed by atoms with van der Waals surface area (Å²) < 4.78 is 50.9. The van der Waals surface area contributed by atoms with Crippen molar-refractivity contribution in [2.24, 2.45) is 0 Å². The summed E-state index contributed by atoms with van der Waals surface area (Å²) in [5, 5.41) is 4.20. The zero-order valence-corrected chi connectivity index (χ0v) is 18.1. The molecule has 4 rings (SSSR count). The summed E-state index contributed by atoms with van der Waals surface area (Å²) in [5.74, 6) is 0.118. The summed E-state index contributed by atoms with van der Waals surface area (Å²) >= 11 is 0. The third-order valence-corrected chi connectivity index (χ3v) is 5.42. The van der Waals surface area contributed by atoms with E-state index in [4.69, 9.17) is 4.74 Å². The van der Waals surface area contributed by atoms with E-state index in [-0.39, 0.29) is 24.3 Å². The first kappa shape index (κ1) is 22.1. The molecule has 0 unspecified atom stereocenters. The smallest absolute Gasteiger partial charge is 0.375 e. The molecule has 1 aliphatic rings. The van der Waals surface area contributed by atoms with Gasteiger partial charge >= 0.3 is 11.9 Å². The number of imidazole rings is 1. The second-order valence-electron chi connectivity index (χ2n) is 7.92. The van der Waals surface area contributed by atoms with Crippen LogP contribution in [0.1, 0.15) is 30.7 Å². The molecular formula is C21H25F3N6O2. The van der Waals surface area contributed by atoms with Gasteiger partial charge in [0.25, 0.3) is 0 Å². The van der Waals surface area contributed by atoms with Gasteiger partial charge in [0.05, 0.1) is 31.0 Å². The number of hydrogen-bond donors (Lipinski definition) is 0. The fourth-order valence-electron chi connectivity index (χ4n) is 3.84. The maximum absolute atomic E-state index is 13.7. The SMILES string of the molecule is CCn1cc(Cn2cc(C)n(-c3cc(C(F)(F)F)cc(N4CCO[C@H](C)C4)n3)c2=O)cn1. The highest BCUT2D eigenvalue weighted by atomic mass is 19.4. The van der Waals surface area contributed by atoms with Crippen molar-refractivity contribution in [2.45, 2.75) is 46.1 Å². The lowest BCUT2D eigenvalue weighted by Crippen LogP contribution is -2.41. The minimum atomic E-state index is -4.57. The number of hydrogen-bond acceptors (Lipinski definition) is 5. The average molecular weight is 450 g/mol. The number of anilines is 1. The van der Waals surface area contributed by atoms with E-state index in [9.17, 15) is 18.0 Å². The number of aryl methyl sites for hydroxylation is 2. The summed E-state index contributed by atoms with van der Waals surface area (Å²) in [5.41, 5.74) is 0.0110. The molecule has 3 aromatic rings. The van der Waals surface area contributed by atoms with Gasteiger partial charge in [-0.1, -0.05) is 0 Å². The summed E-state index contributed by atoms with van der Waals surface area (Å²) in [4.78, 5) is 19.3. The van der Waals surface area contributed by atoms with Crippen molar-refractivity contribution >= 4 is 5.82 Å². The van der Waals surface area contributed by atoms with Crippen LogP contribution in [0.2, 0.25) is 0 Å². The van der Waals surface area contributed by atoms with Crippen LogP contribution >= 0.6 is 0 Å². The van der Waals surface area contributed by atoms with E-state index in [1.54, 1.807) is 28.9 Å². The molecule has 0 saturated carbocycles. The highest BCUT2D eigenvalue weighted by Gasteiger charge is 2.33. The number of ether oxygens (including phenoxy) is 1. The molecule has 32 heavy (non-hydrogen) atoms. The van der Waals surface area contributed by atoms with Gasteiger partial charge in [-0.15, -0.1) is 0 Å². The molecule has 1 atom stereocenters. The molecule has 8 nitrogen and oxygen atoms in total. The number of nitrogens with zero attached hydrogens (tertiary/aromatic N) is 6. The lowest BCUT2D eigenvalue weighted by Gasteiger charge is -2.32. The Kier molecular flexibility index (Phi) is 5.85. The Bertz CT molecular complexity index is 1160. The second-order valence-corrected chi connectivity index (χ2v) is 7.92. The quantitative estimate of drug-likeness (QED) is 0.598. The van der Waals surface area contributed by atoms with Crippen LogP contribution in [0.3, 0.4) is 0 Å². The minimum absolute atomic E-state index is 0.0560. The van der Waals surface area contributed by atoms with Crippen LogP contribution in [0.15, 0.2) is 35.5 Å². The summed E-state index contributed by atoms with van der Waals surface area (Å²) in [7, 11) is 0. The number of aromatic nitrogens is 5. The van der Waals surface area contributed by atoms with Gasteiger partial charge in [0.2, 0.25) is 0 Å². The highest BCUT2D eigenvalue weighted by molar-refractivity contribution is 5.48. The summed E-state index contributed by atoms with van der Waals surface area (Å²) in [6.45, 7) is 7.69. The van der Waals surface area contributed by atoms with Gasteiger partial charge in [-0.25, -0.2) is 14.3 Å². The molecule has 0 bridgehead atoms. The molecule has 0 aromatic carbocycles. The Hall–Kier alpha value is -3.08. The van der Waals surface area contributed by atoms with Crippen molar-refractivity contribution in [2.75, 3.05) is 24.6 Å². The van der Waals surface area contributed by atoms with Gasteiger partial charge in [-0.05, 0) is 32.9 Å². The molecule has 4 heterocycles. The molecule has 1 aliphatic heterocycles. The van der Waals surface area contributed by atoms with Crippen molar-refractivity contribution in [3.05, 3.63) is 58.0 Å². The fourth-order valence-corrected chi connectivity index (χ4v) is 3.84. The van der Waals surface area contributed by atoms with E-state index >= 15 is 0 Å². The van der Waals surface area contributed by atoms with Crippen molar-refractivity contribution in [1.82, 2.24) is 23.9 Å². The van der Waals surface area contributed by atoms with E-state index in [0.29, 0.717) is 31.9 Å². The van der Waals surface area contributed by atoms with Gasteiger partial charge in [0.15, 0.2) is 0 Å².